The SMILES string of the molecule is CCCCCCCCP(CCCC)(CCCC)(CCCC)OS(C)(=O)=O. The van der Waals surface area contributed by atoms with Gasteiger partial charge in [-0.1, -0.05) is 0 Å². The fourth-order valence-corrected chi connectivity index (χ4v) is 14.1. The van der Waals surface area contributed by atoms with Crippen LogP contribution in [0.2, 0.25) is 0 Å². The molecular formula is C21H47O3PS. The number of rotatable bonds is 18. The predicted octanol–water partition coefficient (Wildman–Crippen LogP) is 7.19. The Morgan fingerprint density at radius 2 is 0.923 bits per heavy atom. The zero-order valence-electron chi connectivity index (χ0n) is 18.4. The molecule has 0 N–H and O–H groups in total. The molecule has 0 fully saturated rings. The molecule has 5 heteroatoms. The van der Waals surface area contributed by atoms with Crippen LogP contribution in [-0.2, 0) is 14.1 Å². The molecule has 0 saturated carbocycles. The van der Waals surface area contributed by atoms with E-state index in [4.69, 9.17) is 3.97 Å². The van der Waals surface area contributed by atoms with Gasteiger partial charge in [0.1, 0.15) is 0 Å². The number of hydrogen-bond donors (Lipinski definition) is 0. The molecule has 0 aromatic heterocycles. The van der Waals surface area contributed by atoms with Crippen LogP contribution in [0.15, 0.2) is 0 Å². The number of hydrogen-bond acceptors (Lipinski definition) is 3. The van der Waals surface area contributed by atoms with Crippen molar-refractivity contribution in [2.45, 2.75) is 105 Å². The van der Waals surface area contributed by atoms with E-state index >= 15 is 0 Å². The maximum absolute atomic E-state index is 12.3. The van der Waals surface area contributed by atoms with Crippen LogP contribution in [0.25, 0.3) is 0 Å². The monoisotopic (exact) mass is 410 g/mol. The van der Waals surface area contributed by atoms with Crippen LogP contribution < -0.4 is 0 Å². The minimum atomic E-state index is -3.42. The van der Waals surface area contributed by atoms with Crippen molar-refractivity contribution >= 4 is 16.9 Å². The molecule has 26 heavy (non-hydrogen) atoms. The molecule has 0 rings (SSSR count). The van der Waals surface area contributed by atoms with Crippen molar-refractivity contribution in [1.82, 2.24) is 0 Å². The van der Waals surface area contributed by atoms with Crippen LogP contribution in [0.1, 0.15) is 105 Å². The van der Waals surface area contributed by atoms with Crippen LogP contribution in [0.3, 0.4) is 0 Å². The molecular weight excluding hydrogens is 363 g/mol. The van der Waals surface area contributed by atoms with E-state index in [1.807, 2.05) is 0 Å². The summed E-state index contributed by atoms with van der Waals surface area (Å²) in [6.07, 6.45) is 19.4. The first-order valence-corrected chi connectivity index (χ1v) is 15.9. The summed E-state index contributed by atoms with van der Waals surface area (Å²) < 4.78 is 30.9. The van der Waals surface area contributed by atoms with Crippen LogP contribution in [0, 0.1) is 0 Å². The quantitative estimate of drug-likeness (QED) is 0.177. The molecule has 160 valence electrons. The average Bonchev–Trinajstić information content (AvgIpc) is 2.59. The van der Waals surface area contributed by atoms with E-state index in [-0.39, 0.29) is 0 Å². The summed E-state index contributed by atoms with van der Waals surface area (Å²) in [7, 11) is -3.42. The fraction of sp³-hybridized carbons (Fsp3) is 1.00. The van der Waals surface area contributed by atoms with Gasteiger partial charge < -0.3 is 0 Å². The Kier molecular flexibility index (Phi) is 13.7. The summed E-state index contributed by atoms with van der Waals surface area (Å²) in [5, 5.41) is 0. The summed E-state index contributed by atoms with van der Waals surface area (Å²) >= 11 is 0. The van der Waals surface area contributed by atoms with Gasteiger partial charge in [-0.25, -0.2) is 0 Å². The van der Waals surface area contributed by atoms with Gasteiger partial charge in [0.25, 0.3) is 0 Å². The third-order valence-electron chi connectivity index (χ3n) is 5.66. The zero-order valence-corrected chi connectivity index (χ0v) is 20.1. The van der Waals surface area contributed by atoms with Crippen LogP contribution in [0.4, 0.5) is 0 Å². The Morgan fingerprint density at radius 3 is 1.31 bits per heavy atom. The average molecular weight is 411 g/mol. The van der Waals surface area contributed by atoms with E-state index in [0.717, 1.165) is 69.6 Å². The van der Waals surface area contributed by atoms with Gasteiger partial charge in [0.15, 0.2) is 0 Å². The van der Waals surface area contributed by atoms with Crippen LogP contribution in [-0.4, -0.2) is 39.3 Å². The first-order valence-electron chi connectivity index (χ1n) is 11.2. The van der Waals surface area contributed by atoms with E-state index in [2.05, 4.69) is 27.7 Å². The van der Waals surface area contributed by atoms with Crippen LogP contribution >= 0.6 is 6.83 Å². The Morgan fingerprint density at radius 1 is 0.577 bits per heavy atom. The van der Waals surface area contributed by atoms with Crippen molar-refractivity contribution in [2.24, 2.45) is 0 Å². The van der Waals surface area contributed by atoms with Gasteiger partial charge in [-0.3, -0.25) is 0 Å². The molecule has 0 aliphatic carbocycles. The molecule has 0 spiro atoms. The summed E-state index contributed by atoms with van der Waals surface area (Å²) in [5.74, 6) is 0. The van der Waals surface area contributed by atoms with E-state index in [9.17, 15) is 8.42 Å². The molecule has 3 nitrogen and oxygen atoms in total. The van der Waals surface area contributed by atoms with Gasteiger partial charge in [-0.05, 0) is 0 Å². The second-order valence-electron chi connectivity index (χ2n) is 8.36. The topological polar surface area (TPSA) is 43.4 Å². The molecule has 0 saturated heterocycles. The van der Waals surface area contributed by atoms with E-state index < -0.39 is 16.9 Å². The van der Waals surface area contributed by atoms with Gasteiger partial charge in [0.2, 0.25) is 0 Å². The van der Waals surface area contributed by atoms with Gasteiger partial charge in [-0.2, -0.15) is 0 Å². The molecule has 0 atom stereocenters. The van der Waals surface area contributed by atoms with Crippen molar-refractivity contribution in [1.29, 1.82) is 0 Å². The zero-order chi connectivity index (χ0) is 20.0. The Hall–Kier alpha value is 0.340. The van der Waals surface area contributed by atoms with Crippen molar-refractivity contribution < 1.29 is 12.4 Å². The fourth-order valence-electron chi connectivity index (χ4n) is 4.17. The Balaban J connectivity index is 5.50. The Labute approximate surface area is 165 Å². The van der Waals surface area contributed by atoms with E-state index in [1.165, 1.54) is 38.4 Å². The van der Waals surface area contributed by atoms with E-state index in [1.54, 1.807) is 0 Å². The third-order valence-corrected chi connectivity index (χ3v) is 14.2. The summed E-state index contributed by atoms with van der Waals surface area (Å²) in [4.78, 5) is 0. The summed E-state index contributed by atoms with van der Waals surface area (Å²) in [6, 6.07) is 0. The molecule has 0 bridgehead atoms. The molecule has 0 radical (unpaired) electrons. The maximum atomic E-state index is 12.3. The summed E-state index contributed by atoms with van der Waals surface area (Å²) in [5.41, 5.74) is 0. The first-order chi connectivity index (χ1) is 12.3. The minimum absolute atomic E-state index is 1.00. The van der Waals surface area contributed by atoms with Gasteiger partial charge in [0.05, 0.1) is 0 Å². The summed E-state index contributed by atoms with van der Waals surface area (Å²) in [6.45, 7) is 6.16. The molecule has 0 heterocycles. The van der Waals surface area contributed by atoms with Gasteiger partial charge in [0, 0.05) is 0 Å². The molecule has 0 aromatic carbocycles. The van der Waals surface area contributed by atoms with Crippen LogP contribution in [0.5, 0.6) is 0 Å². The predicted molar refractivity (Wildman–Crippen MR) is 120 cm³/mol. The molecule has 0 aliphatic heterocycles. The van der Waals surface area contributed by atoms with Crippen molar-refractivity contribution in [3.05, 3.63) is 0 Å². The van der Waals surface area contributed by atoms with E-state index in [0.29, 0.717) is 0 Å². The molecule has 0 amide bonds. The second-order valence-corrected chi connectivity index (χ2v) is 15.9. The number of unbranched alkanes of at least 4 members (excludes halogenated alkanes) is 8. The first kappa shape index (κ1) is 26.3. The van der Waals surface area contributed by atoms with Gasteiger partial charge >= 0.3 is 165 Å². The van der Waals surface area contributed by atoms with Crippen molar-refractivity contribution in [3.63, 3.8) is 0 Å². The Bertz CT molecular complexity index is 424. The normalized spacial score (nSPS) is 14.3. The van der Waals surface area contributed by atoms with Crippen molar-refractivity contribution in [2.75, 3.05) is 30.9 Å². The van der Waals surface area contributed by atoms with Gasteiger partial charge in [-0.15, -0.1) is 0 Å². The van der Waals surface area contributed by atoms with Crippen molar-refractivity contribution in [3.8, 4) is 0 Å². The second kappa shape index (κ2) is 13.5. The molecule has 0 aliphatic rings. The molecule has 0 unspecified atom stereocenters. The third kappa shape index (κ3) is 10.6. The molecule has 0 aromatic rings. The standard InChI is InChI=1S/C21H47O3PS/c1-6-10-14-15-16-17-21-25(18-11-7-2,19-12-8-3,20-13-9-4)24-26(5,22)23/h6-21H2,1-5H3.